The largest absolute Gasteiger partial charge is 0.361 e. The number of benzene rings is 1. The normalized spacial score (nSPS) is 12.6. The predicted octanol–water partition coefficient (Wildman–Crippen LogP) is 3.50. The molecule has 2 rings (SSSR count). The molecule has 1 aromatic heterocycles. The summed E-state index contributed by atoms with van der Waals surface area (Å²) in [5.41, 5.74) is 1.08. The number of nitrogens with one attached hydrogen (secondary N) is 1. The first kappa shape index (κ1) is 13.7. The highest BCUT2D eigenvalue weighted by molar-refractivity contribution is 5.22. The van der Waals surface area contributed by atoms with Gasteiger partial charge in [0.2, 0.25) is 0 Å². The molecule has 0 aliphatic rings. The summed E-state index contributed by atoms with van der Waals surface area (Å²) in [6.07, 6.45) is 0.650. The van der Waals surface area contributed by atoms with Gasteiger partial charge in [0.25, 0.3) is 0 Å². The number of rotatable bonds is 5. The number of aromatic nitrogens is 1. The molecular weight excluding hydrogens is 250 g/mol. The van der Waals surface area contributed by atoms with Gasteiger partial charge in [-0.1, -0.05) is 12.1 Å². The highest BCUT2D eigenvalue weighted by Crippen LogP contribution is 2.21. The Labute approximate surface area is 110 Å². The zero-order valence-electron chi connectivity index (χ0n) is 10.9. The molecule has 0 aliphatic heterocycles. The van der Waals surface area contributed by atoms with Crippen LogP contribution in [0.4, 0.5) is 8.78 Å². The third-order valence-corrected chi connectivity index (χ3v) is 2.95. The van der Waals surface area contributed by atoms with Crippen LogP contribution in [-0.2, 0) is 6.54 Å². The van der Waals surface area contributed by atoms with Crippen molar-refractivity contribution in [1.29, 1.82) is 0 Å². The standard InChI is InChI=1S/C14H16F2N2O/c1-3-14(12-7-10(15)4-5-13(12)16)17-8-11-6-9(2)19-18-11/h4-7,14,17H,3,8H2,1-2H3/t14-/m0/s1. The van der Waals surface area contributed by atoms with Crippen LogP contribution < -0.4 is 5.32 Å². The van der Waals surface area contributed by atoms with Crippen molar-refractivity contribution < 1.29 is 13.3 Å². The Balaban J connectivity index is 2.09. The average Bonchev–Trinajstić information content (AvgIpc) is 2.80. The van der Waals surface area contributed by atoms with Crippen LogP contribution in [0.5, 0.6) is 0 Å². The van der Waals surface area contributed by atoms with Gasteiger partial charge in [-0.15, -0.1) is 0 Å². The molecular formula is C14H16F2N2O. The Morgan fingerprint density at radius 2 is 2.11 bits per heavy atom. The molecule has 1 heterocycles. The van der Waals surface area contributed by atoms with Crippen LogP contribution in [-0.4, -0.2) is 5.16 Å². The maximum Gasteiger partial charge on any atom is 0.133 e. The summed E-state index contributed by atoms with van der Waals surface area (Å²) in [6, 6.07) is 5.04. The van der Waals surface area contributed by atoms with Gasteiger partial charge in [0.05, 0.1) is 5.69 Å². The van der Waals surface area contributed by atoms with E-state index in [9.17, 15) is 8.78 Å². The molecule has 0 amide bonds. The van der Waals surface area contributed by atoms with E-state index in [-0.39, 0.29) is 6.04 Å². The number of nitrogens with zero attached hydrogens (tertiary/aromatic N) is 1. The summed E-state index contributed by atoms with van der Waals surface area (Å²) < 4.78 is 31.8. The minimum Gasteiger partial charge on any atom is -0.361 e. The second-order valence-electron chi connectivity index (χ2n) is 4.44. The van der Waals surface area contributed by atoms with E-state index in [0.29, 0.717) is 18.5 Å². The topological polar surface area (TPSA) is 38.1 Å². The molecule has 0 unspecified atom stereocenters. The highest BCUT2D eigenvalue weighted by atomic mass is 19.1. The Morgan fingerprint density at radius 3 is 2.74 bits per heavy atom. The lowest BCUT2D eigenvalue weighted by atomic mass is 10.0. The first-order valence-corrected chi connectivity index (χ1v) is 6.20. The number of aryl methyl sites for hydroxylation is 1. The van der Waals surface area contributed by atoms with Crippen LogP contribution in [0, 0.1) is 18.6 Å². The number of hydrogen-bond acceptors (Lipinski definition) is 3. The van der Waals surface area contributed by atoms with E-state index in [4.69, 9.17) is 4.52 Å². The van der Waals surface area contributed by atoms with Crippen molar-refractivity contribution in [3.8, 4) is 0 Å². The summed E-state index contributed by atoms with van der Waals surface area (Å²) in [7, 11) is 0. The minimum absolute atomic E-state index is 0.257. The van der Waals surface area contributed by atoms with Crippen molar-refractivity contribution in [3.05, 3.63) is 52.9 Å². The fraction of sp³-hybridized carbons (Fsp3) is 0.357. The maximum atomic E-state index is 13.7. The van der Waals surface area contributed by atoms with Gasteiger partial charge in [-0.3, -0.25) is 0 Å². The van der Waals surface area contributed by atoms with E-state index in [2.05, 4.69) is 10.5 Å². The average molecular weight is 266 g/mol. The Bertz CT molecular complexity index is 554. The van der Waals surface area contributed by atoms with Crippen molar-refractivity contribution >= 4 is 0 Å². The van der Waals surface area contributed by atoms with E-state index >= 15 is 0 Å². The monoisotopic (exact) mass is 266 g/mol. The van der Waals surface area contributed by atoms with Crippen LogP contribution in [0.3, 0.4) is 0 Å². The second kappa shape index (κ2) is 5.93. The fourth-order valence-corrected chi connectivity index (χ4v) is 1.98. The lowest BCUT2D eigenvalue weighted by Gasteiger charge is -2.17. The second-order valence-corrected chi connectivity index (χ2v) is 4.44. The molecule has 1 N–H and O–H groups in total. The minimum atomic E-state index is -0.436. The molecule has 0 fully saturated rings. The smallest absolute Gasteiger partial charge is 0.133 e. The van der Waals surface area contributed by atoms with Gasteiger partial charge in [-0.05, 0) is 31.5 Å². The van der Waals surface area contributed by atoms with Crippen molar-refractivity contribution in [1.82, 2.24) is 10.5 Å². The van der Waals surface area contributed by atoms with Crippen molar-refractivity contribution in [2.24, 2.45) is 0 Å². The Hall–Kier alpha value is -1.75. The summed E-state index contributed by atoms with van der Waals surface area (Å²) in [5.74, 6) is -0.118. The van der Waals surface area contributed by atoms with E-state index in [1.165, 1.54) is 6.07 Å². The van der Waals surface area contributed by atoms with Crippen molar-refractivity contribution in [3.63, 3.8) is 0 Å². The van der Waals surface area contributed by atoms with Gasteiger partial charge < -0.3 is 9.84 Å². The molecule has 0 saturated heterocycles. The molecule has 5 heteroatoms. The zero-order chi connectivity index (χ0) is 13.8. The first-order chi connectivity index (χ1) is 9.10. The SMILES string of the molecule is CC[C@H](NCc1cc(C)on1)c1cc(F)ccc1F. The van der Waals surface area contributed by atoms with Crippen molar-refractivity contribution in [2.45, 2.75) is 32.9 Å². The quantitative estimate of drug-likeness (QED) is 0.900. The summed E-state index contributed by atoms with van der Waals surface area (Å²) >= 11 is 0. The molecule has 0 bridgehead atoms. The summed E-state index contributed by atoms with van der Waals surface area (Å²) in [4.78, 5) is 0. The zero-order valence-corrected chi connectivity index (χ0v) is 10.9. The number of hydrogen-bond donors (Lipinski definition) is 1. The fourth-order valence-electron chi connectivity index (χ4n) is 1.98. The summed E-state index contributed by atoms with van der Waals surface area (Å²) in [6.45, 7) is 4.17. The summed E-state index contributed by atoms with van der Waals surface area (Å²) in [5, 5.41) is 7.00. The van der Waals surface area contributed by atoms with Crippen LogP contribution in [0.2, 0.25) is 0 Å². The van der Waals surface area contributed by atoms with Gasteiger partial charge in [-0.25, -0.2) is 8.78 Å². The van der Waals surface area contributed by atoms with E-state index < -0.39 is 11.6 Å². The van der Waals surface area contributed by atoms with E-state index in [0.717, 1.165) is 23.6 Å². The van der Waals surface area contributed by atoms with Gasteiger partial charge in [-0.2, -0.15) is 0 Å². The molecule has 19 heavy (non-hydrogen) atoms. The molecule has 1 aromatic carbocycles. The molecule has 0 spiro atoms. The van der Waals surface area contributed by atoms with Gasteiger partial charge in [0.1, 0.15) is 17.4 Å². The lowest BCUT2D eigenvalue weighted by Crippen LogP contribution is -2.21. The third-order valence-electron chi connectivity index (χ3n) is 2.95. The molecule has 0 saturated carbocycles. The molecule has 1 atom stereocenters. The van der Waals surface area contributed by atoms with Crippen molar-refractivity contribution in [2.75, 3.05) is 0 Å². The molecule has 3 nitrogen and oxygen atoms in total. The van der Waals surface area contributed by atoms with Crippen LogP contribution in [0.1, 0.15) is 36.4 Å². The maximum absolute atomic E-state index is 13.7. The first-order valence-electron chi connectivity index (χ1n) is 6.20. The molecule has 0 aliphatic carbocycles. The van der Waals surface area contributed by atoms with Gasteiger partial charge in [0.15, 0.2) is 0 Å². The van der Waals surface area contributed by atoms with E-state index in [1.807, 2.05) is 13.0 Å². The molecule has 102 valence electrons. The van der Waals surface area contributed by atoms with Crippen LogP contribution in [0.25, 0.3) is 0 Å². The lowest BCUT2D eigenvalue weighted by molar-refractivity contribution is 0.384. The number of halogens is 2. The van der Waals surface area contributed by atoms with Crippen LogP contribution >= 0.6 is 0 Å². The molecule has 2 aromatic rings. The van der Waals surface area contributed by atoms with Crippen LogP contribution in [0.15, 0.2) is 28.8 Å². The van der Waals surface area contributed by atoms with Gasteiger partial charge >= 0.3 is 0 Å². The van der Waals surface area contributed by atoms with Gasteiger partial charge in [0, 0.05) is 24.2 Å². The molecule has 0 radical (unpaired) electrons. The highest BCUT2D eigenvalue weighted by Gasteiger charge is 2.15. The predicted molar refractivity (Wildman–Crippen MR) is 67.5 cm³/mol. The Morgan fingerprint density at radius 1 is 1.32 bits per heavy atom. The van der Waals surface area contributed by atoms with E-state index in [1.54, 1.807) is 6.92 Å². The third kappa shape index (κ3) is 3.38. The Kier molecular flexibility index (Phi) is 4.27.